The minimum absolute atomic E-state index is 0.0645. The molecule has 2 amide bonds. The zero-order valence-corrected chi connectivity index (χ0v) is 13.1. The number of carbonyl (C=O) groups excluding carboxylic acids is 2. The predicted molar refractivity (Wildman–Crippen MR) is 86.1 cm³/mol. The molecule has 2 aliphatic heterocycles. The first kappa shape index (κ1) is 15.6. The molecule has 2 heterocycles. The highest BCUT2D eigenvalue weighted by molar-refractivity contribution is 8.26. The Morgan fingerprint density at radius 1 is 1.39 bits per heavy atom. The van der Waals surface area contributed by atoms with E-state index < -0.39 is 23.6 Å². The van der Waals surface area contributed by atoms with Gasteiger partial charge >= 0.3 is 5.97 Å². The van der Waals surface area contributed by atoms with Crippen molar-refractivity contribution in [2.24, 2.45) is 0 Å². The number of fused-ring (bicyclic) bond motifs is 1. The first-order valence-electron chi connectivity index (χ1n) is 6.49. The Hall–Kier alpha value is -2.26. The molecule has 3 rings (SSSR count). The Morgan fingerprint density at radius 2 is 2.13 bits per heavy atom. The summed E-state index contributed by atoms with van der Waals surface area (Å²) in [6, 6.07) is 3.80. The standard InChI is InChI=1S/C14H9FN2O4S2/c15-6-1-2-8-7(5-6)10(12(20)16-8)11-13(21)17(14(22)23-11)4-3-9(18)19/h1-2,5H,3-4H2,(H,16,20)(H,18,19)/b11-10+. The van der Waals surface area contributed by atoms with E-state index >= 15 is 0 Å². The summed E-state index contributed by atoms with van der Waals surface area (Å²) in [5.74, 6) is -2.63. The van der Waals surface area contributed by atoms with Crippen molar-refractivity contribution in [1.29, 1.82) is 0 Å². The van der Waals surface area contributed by atoms with Gasteiger partial charge in [-0.15, -0.1) is 0 Å². The van der Waals surface area contributed by atoms with E-state index in [0.717, 1.165) is 16.7 Å². The van der Waals surface area contributed by atoms with E-state index in [0.29, 0.717) is 11.3 Å². The molecule has 2 N–H and O–H groups in total. The van der Waals surface area contributed by atoms with Gasteiger partial charge in [0, 0.05) is 17.8 Å². The van der Waals surface area contributed by atoms with Crippen LogP contribution in [0.3, 0.4) is 0 Å². The number of aliphatic carboxylic acids is 1. The van der Waals surface area contributed by atoms with Crippen molar-refractivity contribution in [3.63, 3.8) is 0 Å². The summed E-state index contributed by atoms with van der Waals surface area (Å²) in [5.41, 5.74) is 0.783. The highest BCUT2D eigenvalue weighted by Crippen LogP contribution is 2.42. The number of hydrogen-bond donors (Lipinski definition) is 2. The molecule has 6 nitrogen and oxygen atoms in total. The zero-order valence-electron chi connectivity index (χ0n) is 11.5. The van der Waals surface area contributed by atoms with Crippen LogP contribution in [0, 0.1) is 5.82 Å². The molecule has 118 valence electrons. The van der Waals surface area contributed by atoms with Gasteiger partial charge in [-0.2, -0.15) is 0 Å². The van der Waals surface area contributed by atoms with Crippen LogP contribution in [0.4, 0.5) is 10.1 Å². The Labute approximate surface area is 139 Å². The third-order valence-electron chi connectivity index (χ3n) is 3.35. The minimum atomic E-state index is -1.06. The number of thiocarbonyl (C=S) groups is 1. The van der Waals surface area contributed by atoms with Gasteiger partial charge in [0.25, 0.3) is 11.8 Å². The van der Waals surface area contributed by atoms with E-state index in [2.05, 4.69) is 5.32 Å². The van der Waals surface area contributed by atoms with Crippen molar-refractivity contribution in [1.82, 2.24) is 4.90 Å². The van der Waals surface area contributed by atoms with Crippen LogP contribution in [-0.2, 0) is 14.4 Å². The molecule has 2 aliphatic rings. The maximum atomic E-state index is 13.5. The quantitative estimate of drug-likeness (QED) is 0.637. The Morgan fingerprint density at radius 3 is 2.83 bits per heavy atom. The van der Waals surface area contributed by atoms with Gasteiger partial charge in [-0.25, -0.2) is 4.39 Å². The average Bonchev–Trinajstić information content (AvgIpc) is 2.93. The molecule has 23 heavy (non-hydrogen) atoms. The van der Waals surface area contributed by atoms with Crippen LogP contribution in [0.1, 0.15) is 12.0 Å². The Bertz CT molecular complexity index is 806. The van der Waals surface area contributed by atoms with Gasteiger partial charge in [0.15, 0.2) is 0 Å². The number of amides is 2. The fourth-order valence-electron chi connectivity index (χ4n) is 2.31. The summed E-state index contributed by atoms with van der Waals surface area (Å²) in [6.07, 6.45) is -0.257. The zero-order chi connectivity index (χ0) is 16.7. The van der Waals surface area contributed by atoms with Crippen LogP contribution < -0.4 is 5.32 Å². The van der Waals surface area contributed by atoms with E-state index in [1.807, 2.05) is 0 Å². The van der Waals surface area contributed by atoms with Gasteiger partial charge in [0.2, 0.25) is 0 Å². The predicted octanol–water partition coefficient (Wildman–Crippen LogP) is 1.82. The molecule has 0 spiro atoms. The summed E-state index contributed by atoms with van der Waals surface area (Å²) in [6.45, 7) is -0.0750. The number of carbonyl (C=O) groups is 3. The van der Waals surface area contributed by atoms with E-state index in [-0.39, 0.29) is 27.8 Å². The molecule has 1 aromatic carbocycles. The molecule has 9 heteroatoms. The Balaban J connectivity index is 2.01. The molecule has 0 bridgehead atoms. The molecule has 0 radical (unpaired) electrons. The lowest BCUT2D eigenvalue weighted by molar-refractivity contribution is -0.137. The van der Waals surface area contributed by atoms with Gasteiger partial charge in [0.05, 0.1) is 16.9 Å². The molecule has 1 fully saturated rings. The second-order valence-corrected chi connectivity index (χ2v) is 6.46. The lowest BCUT2D eigenvalue weighted by Gasteiger charge is -2.12. The van der Waals surface area contributed by atoms with Crippen LogP contribution in [0.2, 0.25) is 0 Å². The van der Waals surface area contributed by atoms with Crippen LogP contribution in [0.5, 0.6) is 0 Å². The summed E-state index contributed by atoms with van der Waals surface area (Å²) < 4.78 is 13.6. The summed E-state index contributed by atoms with van der Waals surface area (Å²) in [5, 5.41) is 11.3. The van der Waals surface area contributed by atoms with Crippen LogP contribution in [0.15, 0.2) is 23.1 Å². The number of carboxylic acids is 1. The second kappa shape index (κ2) is 5.74. The van der Waals surface area contributed by atoms with Crippen LogP contribution in [0.25, 0.3) is 5.57 Å². The molecule has 0 atom stereocenters. The number of halogens is 1. The van der Waals surface area contributed by atoms with Gasteiger partial charge in [-0.1, -0.05) is 24.0 Å². The molecule has 0 unspecified atom stereocenters. The molecule has 1 saturated heterocycles. The number of thioether (sulfide) groups is 1. The molecule has 1 aromatic rings. The van der Waals surface area contributed by atoms with Crippen molar-refractivity contribution < 1.29 is 23.9 Å². The number of anilines is 1. The normalized spacial score (nSPS) is 20.0. The van der Waals surface area contributed by atoms with Gasteiger partial charge in [-0.3, -0.25) is 19.3 Å². The summed E-state index contributed by atoms with van der Waals surface area (Å²) in [4.78, 5) is 36.5. The summed E-state index contributed by atoms with van der Waals surface area (Å²) in [7, 11) is 0. The number of carboxylic acid groups (broad SMARTS) is 1. The second-order valence-electron chi connectivity index (χ2n) is 4.82. The maximum Gasteiger partial charge on any atom is 0.305 e. The van der Waals surface area contributed by atoms with Gasteiger partial charge in [0.1, 0.15) is 10.1 Å². The maximum absolute atomic E-state index is 13.5. The first-order chi connectivity index (χ1) is 10.9. The number of hydrogen-bond acceptors (Lipinski definition) is 5. The third-order valence-corrected chi connectivity index (χ3v) is 4.80. The Kier molecular flexibility index (Phi) is 3.90. The third kappa shape index (κ3) is 2.73. The van der Waals surface area contributed by atoms with Crippen molar-refractivity contribution in [3.8, 4) is 0 Å². The minimum Gasteiger partial charge on any atom is -0.481 e. The van der Waals surface area contributed by atoms with Crippen molar-refractivity contribution in [2.75, 3.05) is 11.9 Å². The van der Waals surface area contributed by atoms with Gasteiger partial charge < -0.3 is 10.4 Å². The van der Waals surface area contributed by atoms with Gasteiger partial charge in [-0.05, 0) is 18.2 Å². The van der Waals surface area contributed by atoms with Crippen molar-refractivity contribution >= 4 is 57.3 Å². The number of nitrogens with zero attached hydrogens (tertiary/aromatic N) is 1. The van der Waals surface area contributed by atoms with Crippen molar-refractivity contribution in [3.05, 3.63) is 34.5 Å². The summed E-state index contributed by atoms with van der Waals surface area (Å²) >= 11 is 6.00. The topological polar surface area (TPSA) is 86.7 Å². The largest absolute Gasteiger partial charge is 0.481 e. The lowest BCUT2D eigenvalue weighted by Crippen LogP contribution is -2.30. The monoisotopic (exact) mass is 352 g/mol. The molecule has 0 aliphatic carbocycles. The number of nitrogens with one attached hydrogen (secondary N) is 1. The van der Waals surface area contributed by atoms with Crippen LogP contribution in [-0.4, -0.2) is 38.7 Å². The SMILES string of the molecule is O=C(O)CCN1C(=O)/C(=C2\C(=O)Nc3ccc(F)cc32)SC1=S. The van der Waals surface area contributed by atoms with E-state index in [1.54, 1.807) is 0 Å². The smallest absolute Gasteiger partial charge is 0.305 e. The van der Waals surface area contributed by atoms with Crippen molar-refractivity contribution in [2.45, 2.75) is 6.42 Å². The average molecular weight is 352 g/mol. The number of rotatable bonds is 3. The first-order valence-corrected chi connectivity index (χ1v) is 7.72. The highest BCUT2D eigenvalue weighted by Gasteiger charge is 2.39. The van der Waals surface area contributed by atoms with Crippen LogP contribution >= 0.6 is 24.0 Å². The fourth-order valence-corrected chi connectivity index (χ4v) is 3.70. The lowest BCUT2D eigenvalue weighted by atomic mass is 10.1. The van der Waals surface area contributed by atoms with E-state index in [4.69, 9.17) is 17.3 Å². The van der Waals surface area contributed by atoms with E-state index in [9.17, 15) is 18.8 Å². The molecular formula is C14H9FN2O4S2. The van der Waals surface area contributed by atoms with E-state index in [1.165, 1.54) is 18.2 Å². The molecular weight excluding hydrogens is 343 g/mol. The fraction of sp³-hybridized carbons (Fsp3) is 0.143. The number of benzene rings is 1. The molecule has 0 saturated carbocycles. The molecule has 0 aromatic heterocycles. The highest BCUT2D eigenvalue weighted by atomic mass is 32.2.